The summed E-state index contributed by atoms with van der Waals surface area (Å²) >= 11 is 1.44. The van der Waals surface area contributed by atoms with Gasteiger partial charge < -0.3 is 44.0 Å². The molecular formula is C21H40N8O6S. The standard InChI is InChI=1S/C21H40N8O6S/c1-11(2)16(19(33)28-14(20(34)35)8-10-36-3)29-18(32)13(5-4-9-26-21(24)25)27-17(31)12(22)6-7-15(23)30/h11-14,16H,4-10,22H2,1-3H3,(H2,23,30)(H,27,31)(H,28,33)(H,29,32)(H,34,35)(H4,24,25,26). The number of carboxylic acids is 1. The molecule has 0 aromatic heterocycles. The fraction of sp³-hybridized carbons (Fsp3) is 0.714. The van der Waals surface area contributed by atoms with E-state index >= 15 is 0 Å². The lowest BCUT2D eigenvalue weighted by Crippen LogP contribution is -2.58. The molecule has 4 atom stereocenters. The molecule has 206 valence electrons. The van der Waals surface area contributed by atoms with Crippen LogP contribution in [0.5, 0.6) is 0 Å². The van der Waals surface area contributed by atoms with E-state index in [2.05, 4.69) is 20.9 Å². The van der Waals surface area contributed by atoms with E-state index in [-0.39, 0.29) is 44.1 Å². The molecule has 4 amide bonds. The molecule has 12 N–H and O–H groups in total. The molecule has 0 aliphatic carbocycles. The molecule has 0 heterocycles. The minimum Gasteiger partial charge on any atom is -0.480 e. The van der Waals surface area contributed by atoms with Gasteiger partial charge in [-0.1, -0.05) is 13.8 Å². The predicted molar refractivity (Wildman–Crippen MR) is 138 cm³/mol. The Balaban J connectivity index is 5.50. The van der Waals surface area contributed by atoms with Crippen LogP contribution in [0, 0.1) is 5.92 Å². The average molecular weight is 533 g/mol. The van der Waals surface area contributed by atoms with Gasteiger partial charge in [0.05, 0.1) is 6.04 Å². The van der Waals surface area contributed by atoms with Gasteiger partial charge in [-0.15, -0.1) is 0 Å². The number of carbonyl (C=O) groups is 5. The SMILES string of the molecule is CSCCC(NC(=O)C(NC(=O)C(CCCN=C(N)N)NC(=O)C(N)CCC(N)=O)C(C)C)C(=O)O. The van der Waals surface area contributed by atoms with Crippen LogP contribution < -0.4 is 38.9 Å². The van der Waals surface area contributed by atoms with E-state index in [1.807, 2.05) is 6.26 Å². The van der Waals surface area contributed by atoms with Gasteiger partial charge in [0.1, 0.15) is 18.1 Å². The number of carbonyl (C=O) groups excluding carboxylic acids is 4. The first-order chi connectivity index (χ1) is 16.8. The van der Waals surface area contributed by atoms with E-state index < -0.39 is 53.8 Å². The van der Waals surface area contributed by atoms with E-state index in [4.69, 9.17) is 22.9 Å². The van der Waals surface area contributed by atoms with E-state index in [1.165, 1.54) is 11.8 Å². The largest absolute Gasteiger partial charge is 0.480 e. The molecule has 4 unspecified atom stereocenters. The monoisotopic (exact) mass is 532 g/mol. The average Bonchev–Trinajstić information content (AvgIpc) is 2.79. The number of carboxylic acid groups (broad SMARTS) is 1. The number of thioether (sulfide) groups is 1. The normalized spacial score (nSPS) is 14.1. The Morgan fingerprint density at radius 1 is 0.889 bits per heavy atom. The van der Waals surface area contributed by atoms with Gasteiger partial charge in [0, 0.05) is 13.0 Å². The zero-order chi connectivity index (χ0) is 27.8. The van der Waals surface area contributed by atoms with Crippen molar-refractivity contribution in [2.75, 3.05) is 18.6 Å². The zero-order valence-electron chi connectivity index (χ0n) is 21.0. The third-order valence-electron chi connectivity index (χ3n) is 5.09. The van der Waals surface area contributed by atoms with Crippen LogP contribution in [0.25, 0.3) is 0 Å². The highest BCUT2D eigenvalue weighted by molar-refractivity contribution is 7.98. The molecule has 0 saturated carbocycles. The first-order valence-electron chi connectivity index (χ1n) is 11.5. The van der Waals surface area contributed by atoms with Crippen LogP contribution in [0.1, 0.15) is 46.0 Å². The van der Waals surface area contributed by atoms with Crippen LogP contribution in [0.15, 0.2) is 4.99 Å². The van der Waals surface area contributed by atoms with E-state index in [0.717, 1.165) is 0 Å². The molecule has 0 spiro atoms. The predicted octanol–water partition coefficient (Wildman–Crippen LogP) is -2.42. The van der Waals surface area contributed by atoms with Crippen LogP contribution in [-0.4, -0.2) is 83.4 Å². The highest BCUT2D eigenvalue weighted by Crippen LogP contribution is 2.08. The molecule has 0 rings (SSSR count). The summed E-state index contributed by atoms with van der Waals surface area (Å²) in [4.78, 5) is 64.8. The number of nitrogens with one attached hydrogen (secondary N) is 3. The van der Waals surface area contributed by atoms with Crippen LogP contribution in [0.2, 0.25) is 0 Å². The molecule has 0 fully saturated rings. The van der Waals surface area contributed by atoms with Gasteiger partial charge in [0.15, 0.2) is 5.96 Å². The number of rotatable bonds is 18. The Morgan fingerprint density at radius 2 is 1.50 bits per heavy atom. The Bertz CT molecular complexity index is 790. The van der Waals surface area contributed by atoms with Gasteiger partial charge in [0.2, 0.25) is 23.6 Å². The van der Waals surface area contributed by atoms with Crippen LogP contribution >= 0.6 is 11.8 Å². The number of nitrogens with zero attached hydrogens (tertiary/aromatic N) is 1. The van der Waals surface area contributed by atoms with Crippen molar-refractivity contribution in [2.24, 2.45) is 33.8 Å². The molecular weight excluding hydrogens is 492 g/mol. The van der Waals surface area contributed by atoms with Gasteiger partial charge in [-0.05, 0) is 43.6 Å². The fourth-order valence-corrected chi connectivity index (χ4v) is 3.49. The summed E-state index contributed by atoms with van der Waals surface area (Å²) in [5.41, 5.74) is 21.5. The number of primary amides is 1. The maximum atomic E-state index is 13.1. The Hall–Kier alpha value is -3.07. The lowest BCUT2D eigenvalue weighted by atomic mass is 10.0. The topological polar surface area (TPSA) is 258 Å². The molecule has 0 saturated heterocycles. The molecule has 14 nitrogen and oxygen atoms in total. The Morgan fingerprint density at radius 3 is 2.00 bits per heavy atom. The number of hydrogen-bond acceptors (Lipinski definition) is 8. The fourth-order valence-electron chi connectivity index (χ4n) is 3.02. The zero-order valence-corrected chi connectivity index (χ0v) is 21.8. The number of nitrogens with two attached hydrogens (primary N) is 4. The van der Waals surface area contributed by atoms with E-state index in [9.17, 15) is 29.1 Å². The second kappa shape index (κ2) is 17.4. The molecule has 0 aliphatic rings. The maximum Gasteiger partial charge on any atom is 0.326 e. The number of amides is 4. The van der Waals surface area contributed by atoms with Crippen LogP contribution in [-0.2, 0) is 24.0 Å². The lowest BCUT2D eigenvalue weighted by molar-refractivity contribution is -0.142. The van der Waals surface area contributed by atoms with E-state index in [1.54, 1.807) is 13.8 Å². The van der Waals surface area contributed by atoms with E-state index in [0.29, 0.717) is 12.2 Å². The number of hydrogen-bond donors (Lipinski definition) is 8. The number of aliphatic carboxylic acids is 1. The summed E-state index contributed by atoms with van der Waals surface area (Å²) in [5, 5.41) is 17.0. The third-order valence-corrected chi connectivity index (χ3v) is 5.73. The molecule has 0 aromatic rings. The van der Waals surface area contributed by atoms with Crippen molar-refractivity contribution >= 4 is 47.3 Å². The molecule has 36 heavy (non-hydrogen) atoms. The quantitative estimate of drug-likeness (QED) is 0.0526. The lowest BCUT2D eigenvalue weighted by Gasteiger charge is -2.27. The van der Waals surface area contributed by atoms with Gasteiger partial charge >= 0.3 is 5.97 Å². The Kier molecular flexibility index (Phi) is 15.9. The van der Waals surface area contributed by atoms with Gasteiger partial charge in [-0.25, -0.2) is 4.79 Å². The smallest absolute Gasteiger partial charge is 0.326 e. The van der Waals surface area contributed by atoms with Gasteiger partial charge in [0.25, 0.3) is 0 Å². The summed E-state index contributed by atoms with van der Waals surface area (Å²) in [7, 11) is 0. The summed E-state index contributed by atoms with van der Waals surface area (Å²) in [6.07, 6.45) is 2.36. The van der Waals surface area contributed by atoms with Crippen molar-refractivity contribution in [1.82, 2.24) is 16.0 Å². The first-order valence-corrected chi connectivity index (χ1v) is 12.9. The third kappa shape index (κ3) is 13.7. The minimum atomic E-state index is -1.18. The summed E-state index contributed by atoms with van der Waals surface area (Å²) in [6, 6.07) is -4.34. The highest BCUT2D eigenvalue weighted by atomic mass is 32.2. The highest BCUT2D eigenvalue weighted by Gasteiger charge is 2.31. The summed E-state index contributed by atoms with van der Waals surface area (Å²) in [6.45, 7) is 3.57. The molecule has 0 radical (unpaired) electrons. The number of guanidine groups is 1. The molecule has 0 bridgehead atoms. The van der Waals surface area contributed by atoms with Crippen molar-refractivity contribution in [2.45, 2.75) is 70.1 Å². The van der Waals surface area contributed by atoms with Crippen molar-refractivity contribution < 1.29 is 29.1 Å². The number of aliphatic imine (C=N–C) groups is 1. The maximum absolute atomic E-state index is 13.1. The molecule has 15 heteroatoms. The summed E-state index contributed by atoms with van der Waals surface area (Å²) < 4.78 is 0. The van der Waals surface area contributed by atoms with Gasteiger partial charge in [-0.2, -0.15) is 11.8 Å². The van der Waals surface area contributed by atoms with Crippen molar-refractivity contribution in [3.05, 3.63) is 0 Å². The van der Waals surface area contributed by atoms with Crippen molar-refractivity contribution in [3.8, 4) is 0 Å². The van der Waals surface area contributed by atoms with Crippen molar-refractivity contribution in [1.29, 1.82) is 0 Å². The Labute approximate surface area is 215 Å². The summed E-state index contributed by atoms with van der Waals surface area (Å²) in [5.74, 6) is -3.79. The van der Waals surface area contributed by atoms with Gasteiger partial charge in [-0.3, -0.25) is 24.2 Å². The molecule has 0 aliphatic heterocycles. The van der Waals surface area contributed by atoms with Crippen LogP contribution in [0.3, 0.4) is 0 Å². The van der Waals surface area contributed by atoms with Crippen molar-refractivity contribution in [3.63, 3.8) is 0 Å². The second-order valence-electron chi connectivity index (χ2n) is 8.53. The van der Waals surface area contributed by atoms with Crippen LogP contribution in [0.4, 0.5) is 0 Å². The second-order valence-corrected chi connectivity index (χ2v) is 9.52. The molecule has 0 aromatic carbocycles. The first kappa shape index (κ1) is 32.9. The minimum absolute atomic E-state index is 0.00679.